The van der Waals surface area contributed by atoms with Gasteiger partial charge in [-0.25, -0.2) is 0 Å². The fraction of sp³-hybridized carbons (Fsp3) is 0.438. The van der Waals surface area contributed by atoms with E-state index >= 15 is 0 Å². The van der Waals surface area contributed by atoms with Crippen molar-refractivity contribution in [2.24, 2.45) is 5.92 Å². The zero-order chi connectivity index (χ0) is 15.0. The van der Waals surface area contributed by atoms with Crippen LogP contribution in [0.4, 0.5) is 0 Å². The van der Waals surface area contributed by atoms with Crippen LogP contribution in [0.2, 0.25) is 0 Å². The maximum absolute atomic E-state index is 12.5. The number of likely N-dealkylation sites (tertiary alicyclic amines) is 1. The van der Waals surface area contributed by atoms with Gasteiger partial charge in [0.15, 0.2) is 5.76 Å². The van der Waals surface area contributed by atoms with E-state index in [0.717, 1.165) is 16.5 Å². The minimum Gasteiger partial charge on any atom is -0.451 e. The lowest BCUT2D eigenvalue weighted by Crippen LogP contribution is -2.47. The Balaban J connectivity index is 1.82. The van der Waals surface area contributed by atoms with Gasteiger partial charge in [-0.3, -0.25) is 4.79 Å². The summed E-state index contributed by atoms with van der Waals surface area (Å²) in [6.45, 7) is 2.65. The lowest BCUT2D eigenvalue weighted by Gasteiger charge is -2.34. The monoisotopic (exact) mass is 289 g/mol. The lowest BCUT2D eigenvalue weighted by atomic mass is 9.94. The molecule has 5 heteroatoms. The number of aliphatic hydroxyl groups excluding tert-OH is 2. The lowest BCUT2D eigenvalue weighted by molar-refractivity contribution is -0.000149. The van der Waals surface area contributed by atoms with E-state index in [1.54, 1.807) is 11.0 Å². The van der Waals surface area contributed by atoms with Crippen molar-refractivity contribution in [3.63, 3.8) is 0 Å². The Labute approximate surface area is 122 Å². The quantitative estimate of drug-likeness (QED) is 0.880. The Bertz CT molecular complexity index is 663. The molecule has 0 spiro atoms. The van der Waals surface area contributed by atoms with E-state index in [2.05, 4.69) is 0 Å². The zero-order valence-corrected chi connectivity index (χ0v) is 12.0. The van der Waals surface area contributed by atoms with Crippen LogP contribution in [-0.2, 0) is 0 Å². The largest absolute Gasteiger partial charge is 0.451 e. The van der Waals surface area contributed by atoms with Gasteiger partial charge in [-0.05, 0) is 25.0 Å². The molecule has 2 atom stereocenters. The molecular formula is C16H19NO4. The van der Waals surface area contributed by atoms with Crippen LogP contribution in [0.15, 0.2) is 28.7 Å². The highest BCUT2D eigenvalue weighted by Gasteiger charge is 2.31. The van der Waals surface area contributed by atoms with Gasteiger partial charge >= 0.3 is 0 Å². The number of fused-ring (bicyclic) bond motifs is 1. The molecule has 0 unspecified atom stereocenters. The molecule has 0 aliphatic carbocycles. The smallest absolute Gasteiger partial charge is 0.289 e. The number of benzene rings is 1. The summed E-state index contributed by atoms with van der Waals surface area (Å²) in [4.78, 5) is 14.1. The molecule has 112 valence electrons. The summed E-state index contributed by atoms with van der Waals surface area (Å²) >= 11 is 0. The molecule has 2 aromatic rings. The number of furan rings is 1. The van der Waals surface area contributed by atoms with E-state index in [1.165, 1.54) is 0 Å². The minimum absolute atomic E-state index is 0.0486. The summed E-state index contributed by atoms with van der Waals surface area (Å²) in [6, 6.07) is 7.53. The van der Waals surface area contributed by atoms with Crippen LogP contribution in [0.25, 0.3) is 11.0 Å². The minimum atomic E-state index is -0.682. The number of aryl methyl sites for hydroxylation is 1. The van der Waals surface area contributed by atoms with Crippen molar-refractivity contribution in [2.75, 3.05) is 19.7 Å². The SMILES string of the molecule is Cc1cccc2cc(C(=O)N3CC[C@H](CO)[C@H](O)C3)oc12. The van der Waals surface area contributed by atoms with E-state index in [9.17, 15) is 9.90 Å². The predicted octanol–water partition coefficient (Wildman–Crippen LogP) is 1.56. The number of amides is 1. The van der Waals surface area contributed by atoms with Gasteiger partial charge in [-0.2, -0.15) is 0 Å². The van der Waals surface area contributed by atoms with Gasteiger partial charge in [0.25, 0.3) is 5.91 Å². The van der Waals surface area contributed by atoms with Crippen molar-refractivity contribution < 1.29 is 19.4 Å². The number of hydrogen-bond donors (Lipinski definition) is 2. The van der Waals surface area contributed by atoms with Crippen molar-refractivity contribution >= 4 is 16.9 Å². The van der Waals surface area contributed by atoms with Crippen LogP contribution in [-0.4, -0.2) is 46.8 Å². The molecule has 1 saturated heterocycles. The molecule has 1 amide bonds. The van der Waals surface area contributed by atoms with Gasteiger partial charge < -0.3 is 19.5 Å². The fourth-order valence-corrected chi connectivity index (χ4v) is 2.85. The average molecular weight is 289 g/mol. The normalized spacial score (nSPS) is 22.7. The standard InChI is InChI=1S/C16H19NO4/c1-10-3-2-4-11-7-14(21-15(10)11)16(20)17-6-5-12(9-18)13(19)8-17/h2-4,7,12-13,18-19H,5-6,8-9H2,1H3/t12-,13-/m1/s1. The molecule has 1 aromatic carbocycles. The number of rotatable bonds is 2. The molecule has 21 heavy (non-hydrogen) atoms. The van der Waals surface area contributed by atoms with E-state index in [1.807, 2.05) is 25.1 Å². The van der Waals surface area contributed by atoms with Crippen LogP contribution in [0, 0.1) is 12.8 Å². The van der Waals surface area contributed by atoms with Crippen LogP contribution in [0.1, 0.15) is 22.5 Å². The van der Waals surface area contributed by atoms with Gasteiger partial charge in [0.05, 0.1) is 6.10 Å². The van der Waals surface area contributed by atoms with E-state index in [-0.39, 0.29) is 25.0 Å². The highest BCUT2D eigenvalue weighted by molar-refractivity contribution is 5.96. The van der Waals surface area contributed by atoms with E-state index in [4.69, 9.17) is 9.52 Å². The number of β-amino-alcohol motifs (C(OH)–C–C–N with tert-alkyl or cyclic N) is 1. The van der Waals surface area contributed by atoms with Crippen LogP contribution in [0.5, 0.6) is 0 Å². The first-order valence-electron chi connectivity index (χ1n) is 7.17. The topological polar surface area (TPSA) is 73.9 Å². The number of piperidine rings is 1. The van der Waals surface area contributed by atoms with Crippen LogP contribution >= 0.6 is 0 Å². The molecule has 2 N–H and O–H groups in total. The van der Waals surface area contributed by atoms with Gasteiger partial charge in [-0.15, -0.1) is 0 Å². The van der Waals surface area contributed by atoms with Crippen molar-refractivity contribution in [1.29, 1.82) is 0 Å². The van der Waals surface area contributed by atoms with E-state index < -0.39 is 6.10 Å². The molecular weight excluding hydrogens is 270 g/mol. The second-order valence-corrected chi connectivity index (χ2v) is 5.65. The first-order chi connectivity index (χ1) is 10.1. The molecule has 2 heterocycles. The van der Waals surface area contributed by atoms with Gasteiger partial charge in [-0.1, -0.05) is 18.2 Å². The Morgan fingerprint density at radius 3 is 2.95 bits per heavy atom. The second kappa shape index (κ2) is 5.50. The Hall–Kier alpha value is -1.85. The molecule has 1 aromatic heterocycles. The average Bonchev–Trinajstić information content (AvgIpc) is 2.92. The molecule has 5 nitrogen and oxygen atoms in total. The van der Waals surface area contributed by atoms with Crippen molar-refractivity contribution in [3.8, 4) is 0 Å². The molecule has 0 radical (unpaired) electrons. The molecule has 3 rings (SSSR count). The summed E-state index contributed by atoms with van der Waals surface area (Å²) in [6.07, 6.45) is -0.0818. The first-order valence-corrected chi connectivity index (χ1v) is 7.17. The number of carbonyl (C=O) groups excluding carboxylic acids is 1. The number of nitrogens with zero attached hydrogens (tertiary/aromatic N) is 1. The third-order valence-electron chi connectivity index (χ3n) is 4.19. The molecule has 1 fully saturated rings. The molecule has 0 bridgehead atoms. The Morgan fingerprint density at radius 1 is 1.48 bits per heavy atom. The maximum atomic E-state index is 12.5. The summed E-state index contributed by atoms with van der Waals surface area (Å²) in [5.74, 6) is -0.0537. The summed E-state index contributed by atoms with van der Waals surface area (Å²) in [7, 11) is 0. The van der Waals surface area contributed by atoms with Crippen molar-refractivity contribution in [1.82, 2.24) is 4.90 Å². The number of carbonyl (C=O) groups is 1. The maximum Gasteiger partial charge on any atom is 0.289 e. The number of aliphatic hydroxyl groups is 2. The third-order valence-corrected chi connectivity index (χ3v) is 4.19. The highest BCUT2D eigenvalue weighted by Crippen LogP contribution is 2.25. The molecule has 1 aliphatic heterocycles. The molecule has 1 aliphatic rings. The number of hydrogen-bond acceptors (Lipinski definition) is 4. The summed E-state index contributed by atoms with van der Waals surface area (Å²) < 4.78 is 5.68. The van der Waals surface area contributed by atoms with Gasteiger partial charge in [0.2, 0.25) is 0 Å². The fourth-order valence-electron chi connectivity index (χ4n) is 2.85. The zero-order valence-electron chi connectivity index (χ0n) is 12.0. The summed E-state index contributed by atoms with van der Waals surface area (Å²) in [5.41, 5.74) is 1.72. The van der Waals surface area contributed by atoms with Crippen LogP contribution < -0.4 is 0 Å². The van der Waals surface area contributed by atoms with Gasteiger partial charge in [0, 0.05) is 31.0 Å². The number of para-hydroxylation sites is 1. The summed E-state index contributed by atoms with van der Waals surface area (Å²) in [5, 5.41) is 20.0. The van der Waals surface area contributed by atoms with Crippen molar-refractivity contribution in [3.05, 3.63) is 35.6 Å². The Kier molecular flexibility index (Phi) is 3.69. The van der Waals surface area contributed by atoms with E-state index in [0.29, 0.717) is 18.7 Å². The van der Waals surface area contributed by atoms with Crippen molar-refractivity contribution in [2.45, 2.75) is 19.4 Å². The third kappa shape index (κ3) is 2.54. The van der Waals surface area contributed by atoms with Gasteiger partial charge in [0.1, 0.15) is 5.58 Å². The van der Waals surface area contributed by atoms with Crippen LogP contribution in [0.3, 0.4) is 0 Å². The second-order valence-electron chi connectivity index (χ2n) is 5.65. The highest BCUT2D eigenvalue weighted by atomic mass is 16.3. The predicted molar refractivity (Wildman–Crippen MR) is 78.1 cm³/mol. The molecule has 0 saturated carbocycles. The first kappa shape index (κ1) is 14.1. The Morgan fingerprint density at radius 2 is 2.29 bits per heavy atom.